The Morgan fingerprint density at radius 1 is 1.33 bits per heavy atom. The molecule has 2 N–H and O–H groups in total. The maximum Gasteiger partial charge on any atom is 0.134 e. The first kappa shape index (κ1) is 12.7. The molecule has 96 valence electrons. The second-order valence-electron chi connectivity index (χ2n) is 4.14. The van der Waals surface area contributed by atoms with E-state index in [-0.39, 0.29) is 5.56 Å². The fraction of sp³-hybridized carbons (Fsp3) is 0.308. The van der Waals surface area contributed by atoms with Crippen molar-refractivity contribution in [2.75, 3.05) is 0 Å². The predicted octanol–water partition coefficient (Wildman–Crippen LogP) is 2.54. The van der Waals surface area contributed by atoms with Crippen LogP contribution in [0.25, 0.3) is 0 Å². The smallest absolute Gasteiger partial charge is 0.134 e. The van der Waals surface area contributed by atoms with Crippen LogP contribution in [0, 0.1) is 18.6 Å². The van der Waals surface area contributed by atoms with E-state index in [2.05, 4.69) is 5.10 Å². The lowest BCUT2D eigenvalue weighted by Gasteiger charge is -2.16. The van der Waals surface area contributed by atoms with Crippen molar-refractivity contribution in [3.05, 3.63) is 52.9 Å². The van der Waals surface area contributed by atoms with Gasteiger partial charge in [0, 0.05) is 18.3 Å². The molecule has 5 heteroatoms. The number of rotatable bonds is 3. The zero-order chi connectivity index (χ0) is 13.3. The molecule has 1 unspecified atom stereocenters. The van der Waals surface area contributed by atoms with Crippen molar-refractivity contribution < 1.29 is 8.78 Å². The molecule has 18 heavy (non-hydrogen) atoms. The Balaban J connectivity index is 2.52. The van der Waals surface area contributed by atoms with Crippen molar-refractivity contribution in [2.24, 2.45) is 5.73 Å². The van der Waals surface area contributed by atoms with Gasteiger partial charge in [0.2, 0.25) is 0 Å². The highest BCUT2D eigenvalue weighted by atomic mass is 19.1. The Hall–Kier alpha value is -1.75. The van der Waals surface area contributed by atoms with Crippen LogP contribution in [-0.2, 0) is 6.54 Å². The van der Waals surface area contributed by atoms with E-state index in [1.807, 2.05) is 6.92 Å². The van der Waals surface area contributed by atoms with Crippen molar-refractivity contribution in [3.63, 3.8) is 0 Å². The van der Waals surface area contributed by atoms with Crippen LogP contribution < -0.4 is 5.73 Å². The lowest BCUT2D eigenvalue weighted by Crippen LogP contribution is -2.20. The molecule has 1 atom stereocenters. The summed E-state index contributed by atoms with van der Waals surface area (Å²) in [6.07, 6.45) is 1.57. The largest absolute Gasteiger partial charge is 0.319 e. The number of halogens is 2. The van der Waals surface area contributed by atoms with Gasteiger partial charge in [0.15, 0.2) is 0 Å². The highest BCUT2D eigenvalue weighted by Gasteiger charge is 2.22. The Kier molecular flexibility index (Phi) is 3.43. The van der Waals surface area contributed by atoms with Gasteiger partial charge < -0.3 is 5.73 Å². The summed E-state index contributed by atoms with van der Waals surface area (Å²) < 4.78 is 29.4. The third-order valence-electron chi connectivity index (χ3n) is 3.00. The maximum absolute atomic E-state index is 14.0. The molecule has 0 spiro atoms. The summed E-state index contributed by atoms with van der Waals surface area (Å²) >= 11 is 0. The molecule has 0 bridgehead atoms. The Labute approximate surface area is 104 Å². The molecule has 0 saturated heterocycles. The number of hydrogen-bond donors (Lipinski definition) is 1. The fourth-order valence-corrected chi connectivity index (χ4v) is 1.98. The van der Waals surface area contributed by atoms with Gasteiger partial charge in [-0.05, 0) is 31.5 Å². The monoisotopic (exact) mass is 251 g/mol. The summed E-state index contributed by atoms with van der Waals surface area (Å²) in [5.74, 6) is -1.22. The molecule has 3 nitrogen and oxygen atoms in total. The van der Waals surface area contributed by atoms with Crippen LogP contribution in [-0.4, -0.2) is 9.78 Å². The average Bonchev–Trinajstić information content (AvgIpc) is 2.82. The molecule has 0 radical (unpaired) electrons. The summed E-state index contributed by atoms with van der Waals surface area (Å²) in [6, 6.07) is 3.46. The van der Waals surface area contributed by atoms with E-state index in [0.717, 1.165) is 0 Å². The van der Waals surface area contributed by atoms with E-state index in [9.17, 15) is 8.78 Å². The normalized spacial score (nSPS) is 12.7. The highest BCUT2D eigenvalue weighted by Crippen LogP contribution is 2.26. The minimum atomic E-state index is -0.854. The summed E-state index contributed by atoms with van der Waals surface area (Å²) in [5, 5.41) is 4.05. The van der Waals surface area contributed by atoms with Crippen LogP contribution >= 0.6 is 0 Å². The molecule has 0 aliphatic carbocycles. The van der Waals surface area contributed by atoms with E-state index in [1.54, 1.807) is 23.9 Å². The van der Waals surface area contributed by atoms with E-state index in [1.165, 1.54) is 12.1 Å². The minimum absolute atomic E-state index is 0.106. The molecule has 0 amide bonds. The molecule has 1 heterocycles. The topological polar surface area (TPSA) is 43.8 Å². The lowest BCUT2D eigenvalue weighted by atomic mass is 10.0. The van der Waals surface area contributed by atoms with Gasteiger partial charge in [-0.15, -0.1) is 0 Å². The van der Waals surface area contributed by atoms with E-state index in [0.29, 0.717) is 17.8 Å². The predicted molar refractivity (Wildman–Crippen MR) is 65.0 cm³/mol. The van der Waals surface area contributed by atoms with Crippen LogP contribution in [0.1, 0.15) is 29.8 Å². The van der Waals surface area contributed by atoms with Crippen LogP contribution in [0.5, 0.6) is 0 Å². The zero-order valence-electron chi connectivity index (χ0n) is 10.3. The molecule has 0 saturated carbocycles. The molecule has 1 aromatic heterocycles. The van der Waals surface area contributed by atoms with Crippen LogP contribution in [0.15, 0.2) is 24.4 Å². The highest BCUT2D eigenvalue weighted by molar-refractivity contribution is 5.33. The van der Waals surface area contributed by atoms with Crippen molar-refractivity contribution in [1.29, 1.82) is 0 Å². The first-order valence-corrected chi connectivity index (χ1v) is 5.78. The Morgan fingerprint density at radius 2 is 2.06 bits per heavy atom. The third-order valence-corrected chi connectivity index (χ3v) is 3.00. The fourth-order valence-electron chi connectivity index (χ4n) is 1.98. The number of nitrogens with two attached hydrogens (primary N) is 1. The number of benzene rings is 1. The number of aryl methyl sites for hydroxylation is 2. The second kappa shape index (κ2) is 4.86. The molecule has 2 rings (SSSR count). The van der Waals surface area contributed by atoms with Crippen LogP contribution in [0.2, 0.25) is 0 Å². The first-order valence-electron chi connectivity index (χ1n) is 5.78. The number of aromatic nitrogens is 2. The SMILES string of the molecule is CCn1nccc1C(N)c1c(F)ccc(C)c1F. The standard InChI is InChI=1S/C13H15F2N3/c1-3-18-10(6-7-17-18)13(16)11-9(14)5-4-8(2)12(11)15/h4-7,13H,3,16H2,1-2H3. The van der Waals surface area contributed by atoms with Gasteiger partial charge in [-0.3, -0.25) is 4.68 Å². The lowest BCUT2D eigenvalue weighted by molar-refractivity contribution is 0.521. The van der Waals surface area contributed by atoms with Crippen molar-refractivity contribution in [1.82, 2.24) is 9.78 Å². The molecular weight excluding hydrogens is 236 g/mol. The number of nitrogens with zero attached hydrogens (tertiary/aromatic N) is 2. The van der Waals surface area contributed by atoms with Crippen LogP contribution in [0.3, 0.4) is 0 Å². The molecule has 1 aromatic carbocycles. The molecule has 0 aliphatic heterocycles. The van der Waals surface area contributed by atoms with Gasteiger partial charge in [0.05, 0.1) is 11.7 Å². The van der Waals surface area contributed by atoms with Gasteiger partial charge in [-0.25, -0.2) is 8.78 Å². The van der Waals surface area contributed by atoms with Gasteiger partial charge in [0.1, 0.15) is 11.6 Å². The first-order chi connectivity index (χ1) is 8.56. The van der Waals surface area contributed by atoms with E-state index >= 15 is 0 Å². The molecule has 0 fully saturated rings. The van der Waals surface area contributed by atoms with Gasteiger partial charge in [0.25, 0.3) is 0 Å². The summed E-state index contributed by atoms with van der Waals surface area (Å²) in [7, 11) is 0. The quantitative estimate of drug-likeness (QED) is 0.911. The van der Waals surface area contributed by atoms with Gasteiger partial charge in [-0.2, -0.15) is 5.10 Å². The van der Waals surface area contributed by atoms with Crippen LogP contribution in [0.4, 0.5) is 8.78 Å². The maximum atomic E-state index is 14.0. The van der Waals surface area contributed by atoms with E-state index < -0.39 is 17.7 Å². The Morgan fingerprint density at radius 3 is 2.72 bits per heavy atom. The second-order valence-corrected chi connectivity index (χ2v) is 4.14. The third kappa shape index (κ3) is 2.01. The summed E-state index contributed by atoms with van der Waals surface area (Å²) in [4.78, 5) is 0. The molecular formula is C13H15F2N3. The van der Waals surface area contributed by atoms with Gasteiger partial charge >= 0.3 is 0 Å². The van der Waals surface area contributed by atoms with E-state index in [4.69, 9.17) is 5.73 Å². The average molecular weight is 251 g/mol. The molecule has 0 aliphatic rings. The zero-order valence-corrected chi connectivity index (χ0v) is 10.3. The minimum Gasteiger partial charge on any atom is -0.319 e. The Bertz CT molecular complexity index is 563. The molecule has 2 aromatic rings. The summed E-state index contributed by atoms with van der Waals surface area (Å²) in [6.45, 7) is 4.08. The van der Waals surface area contributed by atoms with Gasteiger partial charge in [-0.1, -0.05) is 6.07 Å². The van der Waals surface area contributed by atoms with Crippen molar-refractivity contribution >= 4 is 0 Å². The summed E-state index contributed by atoms with van der Waals surface area (Å²) in [5.41, 5.74) is 6.84. The van der Waals surface area contributed by atoms with Crippen molar-refractivity contribution in [2.45, 2.75) is 26.4 Å². The van der Waals surface area contributed by atoms with Crippen molar-refractivity contribution in [3.8, 4) is 0 Å². The number of hydrogen-bond acceptors (Lipinski definition) is 2.